The van der Waals surface area contributed by atoms with Crippen molar-refractivity contribution in [2.45, 2.75) is 6.54 Å². The van der Waals surface area contributed by atoms with E-state index in [0.717, 1.165) is 8.66 Å². The van der Waals surface area contributed by atoms with Gasteiger partial charge in [-0.15, -0.1) is 16.4 Å². The first-order chi connectivity index (χ1) is 7.15. The summed E-state index contributed by atoms with van der Waals surface area (Å²) in [7, 11) is 0. The van der Waals surface area contributed by atoms with Crippen LogP contribution >= 0.6 is 27.3 Å². The van der Waals surface area contributed by atoms with E-state index in [9.17, 15) is 4.79 Å². The van der Waals surface area contributed by atoms with E-state index in [1.807, 2.05) is 12.1 Å². The second kappa shape index (κ2) is 4.11. The molecule has 0 aliphatic carbocycles. The smallest absolute Gasteiger partial charge is 0.358 e. The fraction of sp³-hybridized carbons (Fsp3) is 0.125. The molecule has 0 aromatic carbocycles. The van der Waals surface area contributed by atoms with Gasteiger partial charge in [-0.3, -0.25) is 0 Å². The van der Waals surface area contributed by atoms with Crippen molar-refractivity contribution < 1.29 is 9.90 Å². The van der Waals surface area contributed by atoms with E-state index in [0.29, 0.717) is 6.54 Å². The molecule has 0 saturated carbocycles. The van der Waals surface area contributed by atoms with Crippen LogP contribution in [0.15, 0.2) is 22.1 Å². The minimum Gasteiger partial charge on any atom is -0.476 e. The van der Waals surface area contributed by atoms with Crippen molar-refractivity contribution in [3.63, 3.8) is 0 Å². The Labute approximate surface area is 97.5 Å². The average Bonchev–Trinajstić information content (AvgIpc) is 2.76. The van der Waals surface area contributed by atoms with Crippen LogP contribution in [0.25, 0.3) is 0 Å². The van der Waals surface area contributed by atoms with Crippen molar-refractivity contribution >= 4 is 33.2 Å². The van der Waals surface area contributed by atoms with Gasteiger partial charge in [0, 0.05) is 4.88 Å². The van der Waals surface area contributed by atoms with Gasteiger partial charge in [0.1, 0.15) is 0 Å². The van der Waals surface area contributed by atoms with Gasteiger partial charge in [-0.2, -0.15) is 0 Å². The molecule has 7 heteroatoms. The lowest BCUT2D eigenvalue weighted by molar-refractivity contribution is 0.0690. The number of hydrogen-bond acceptors (Lipinski definition) is 4. The molecule has 78 valence electrons. The number of aromatic nitrogens is 3. The van der Waals surface area contributed by atoms with Crippen molar-refractivity contribution in [3.8, 4) is 0 Å². The molecule has 0 saturated heterocycles. The molecule has 0 radical (unpaired) electrons. The summed E-state index contributed by atoms with van der Waals surface area (Å²) >= 11 is 4.93. The summed E-state index contributed by atoms with van der Waals surface area (Å²) in [6.07, 6.45) is 1.41. The van der Waals surface area contributed by atoms with Gasteiger partial charge in [0.25, 0.3) is 0 Å². The third kappa shape index (κ3) is 2.42. The van der Waals surface area contributed by atoms with E-state index in [1.165, 1.54) is 10.9 Å². The van der Waals surface area contributed by atoms with Crippen molar-refractivity contribution in [1.29, 1.82) is 0 Å². The summed E-state index contributed by atoms with van der Waals surface area (Å²) in [6, 6.07) is 3.89. The minimum absolute atomic E-state index is 0.0365. The van der Waals surface area contributed by atoms with Crippen LogP contribution in [0.1, 0.15) is 15.4 Å². The molecule has 5 nitrogen and oxygen atoms in total. The summed E-state index contributed by atoms with van der Waals surface area (Å²) in [5, 5.41) is 15.9. The Bertz CT molecular complexity index is 494. The third-order valence-corrected chi connectivity index (χ3v) is 3.31. The van der Waals surface area contributed by atoms with Gasteiger partial charge >= 0.3 is 5.97 Å². The number of hydrogen-bond donors (Lipinski definition) is 1. The van der Waals surface area contributed by atoms with Crippen molar-refractivity contribution in [2.75, 3.05) is 0 Å². The van der Waals surface area contributed by atoms with Crippen molar-refractivity contribution in [2.24, 2.45) is 0 Å². The fourth-order valence-corrected chi connectivity index (χ4v) is 2.55. The standard InChI is InChI=1S/C8H6BrN3O2S/c9-7-2-1-5(15-7)3-12-4-6(8(13)14)10-11-12/h1-2,4H,3H2,(H,13,14). The number of carboxylic acid groups (broad SMARTS) is 1. The predicted molar refractivity (Wildman–Crippen MR) is 58.1 cm³/mol. The number of halogens is 1. The van der Waals surface area contributed by atoms with Crippen LogP contribution in [-0.2, 0) is 6.54 Å². The highest BCUT2D eigenvalue weighted by molar-refractivity contribution is 9.11. The van der Waals surface area contributed by atoms with Gasteiger partial charge < -0.3 is 5.11 Å². The second-order valence-electron chi connectivity index (χ2n) is 2.81. The fourth-order valence-electron chi connectivity index (χ4n) is 1.07. The van der Waals surface area contributed by atoms with Crippen LogP contribution < -0.4 is 0 Å². The largest absolute Gasteiger partial charge is 0.476 e. The van der Waals surface area contributed by atoms with E-state index in [4.69, 9.17) is 5.11 Å². The van der Waals surface area contributed by atoms with Gasteiger partial charge in [-0.05, 0) is 28.1 Å². The summed E-state index contributed by atoms with van der Waals surface area (Å²) < 4.78 is 2.54. The molecule has 0 fully saturated rings. The number of carboxylic acids is 1. The molecule has 0 atom stereocenters. The average molecular weight is 288 g/mol. The van der Waals surface area contributed by atoms with Crippen LogP contribution in [0, 0.1) is 0 Å². The Morgan fingerprint density at radius 3 is 2.93 bits per heavy atom. The molecular weight excluding hydrogens is 282 g/mol. The normalized spacial score (nSPS) is 10.5. The number of carbonyl (C=O) groups is 1. The van der Waals surface area contributed by atoms with E-state index in [-0.39, 0.29) is 5.69 Å². The summed E-state index contributed by atoms with van der Waals surface area (Å²) in [5.41, 5.74) is -0.0365. The van der Waals surface area contributed by atoms with Crippen LogP contribution in [0.3, 0.4) is 0 Å². The van der Waals surface area contributed by atoms with Crippen LogP contribution in [0.4, 0.5) is 0 Å². The predicted octanol–water partition coefficient (Wildman–Crippen LogP) is 1.85. The number of rotatable bonds is 3. The Hall–Kier alpha value is -1.21. The molecule has 0 bridgehead atoms. The third-order valence-electron chi connectivity index (χ3n) is 1.70. The maximum atomic E-state index is 10.6. The van der Waals surface area contributed by atoms with E-state index >= 15 is 0 Å². The molecule has 2 aromatic heterocycles. The maximum Gasteiger partial charge on any atom is 0.358 e. The molecule has 1 N–H and O–H groups in total. The Morgan fingerprint density at radius 1 is 1.60 bits per heavy atom. The van der Waals surface area contributed by atoms with Gasteiger partial charge in [-0.1, -0.05) is 5.21 Å². The Balaban J connectivity index is 2.14. The second-order valence-corrected chi connectivity index (χ2v) is 5.36. The molecule has 0 aliphatic rings. The SMILES string of the molecule is O=C(O)c1cn(Cc2ccc(Br)s2)nn1. The number of thiophene rings is 1. The maximum absolute atomic E-state index is 10.6. The number of nitrogens with zero attached hydrogens (tertiary/aromatic N) is 3. The molecule has 0 aliphatic heterocycles. The monoisotopic (exact) mass is 287 g/mol. The highest BCUT2D eigenvalue weighted by atomic mass is 79.9. The van der Waals surface area contributed by atoms with Crippen molar-refractivity contribution in [3.05, 3.63) is 32.7 Å². The van der Waals surface area contributed by atoms with Gasteiger partial charge in [0.15, 0.2) is 5.69 Å². The molecule has 2 aromatic rings. The quantitative estimate of drug-likeness (QED) is 0.935. The van der Waals surface area contributed by atoms with E-state index in [2.05, 4.69) is 26.2 Å². The Morgan fingerprint density at radius 2 is 2.40 bits per heavy atom. The molecule has 15 heavy (non-hydrogen) atoms. The van der Waals surface area contributed by atoms with Gasteiger partial charge in [0.05, 0.1) is 16.5 Å². The van der Waals surface area contributed by atoms with Crippen LogP contribution in [0.5, 0.6) is 0 Å². The molecular formula is C8H6BrN3O2S. The first-order valence-electron chi connectivity index (χ1n) is 4.03. The molecule has 0 spiro atoms. The lowest BCUT2D eigenvalue weighted by Crippen LogP contribution is -1.98. The zero-order valence-corrected chi connectivity index (χ0v) is 9.82. The minimum atomic E-state index is -1.06. The van der Waals surface area contributed by atoms with Crippen LogP contribution in [0.2, 0.25) is 0 Å². The zero-order chi connectivity index (χ0) is 10.8. The van der Waals surface area contributed by atoms with Gasteiger partial charge in [0.2, 0.25) is 0 Å². The van der Waals surface area contributed by atoms with E-state index in [1.54, 1.807) is 11.3 Å². The highest BCUT2D eigenvalue weighted by Gasteiger charge is 2.08. The lowest BCUT2D eigenvalue weighted by atomic mass is 10.4. The zero-order valence-electron chi connectivity index (χ0n) is 7.42. The summed E-state index contributed by atoms with van der Waals surface area (Å²) in [5.74, 6) is -1.06. The molecule has 2 rings (SSSR count). The highest BCUT2D eigenvalue weighted by Crippen LogP contribution is 2.22. The van der Waals surface area contributed by atoms with Crippen LogP contribution in [-0.4, -0.2) is 26.1 Å². The molecule has 0 amide bonds. The molecule has 0 unspecified atom stereocenters. The summed E-state index contributed by atoms with van der Waals surface area (Å²) in [4.78, 5) is 11.6. The first-order valence-corrected chi connectivity index (χ1v) is 5.64. The first kappa shape index (κ1) is 10.3. The lowest BCUT2D eigenvalue weighted by Gasteiger charge is -1.94. The van der Waals surface area contributed by atoms with E-state index < -0.39 is 5.97 Å². The van der Waals surface area contributed by atoms with Gasteiger partial charge in [-0.25, -0.2) is 9.48 Å². The number of aromatic carboxylic acids is 1. The Kier molecular flexibility index (Phi) is 2.83. The summed E-state index contributed by atoms with van der Waals surface area (Å²) in [6.45, 7) is 0.538. The molecule has 2 heterocycles. The van der Waals surface area contributed by atoms with Crippen molar-refractivity contribution in [1.82, 2.24) is 15.0 Å². The topological polar surface area (TPSA) is 68.0 Å².